The second-order valence-electron chi connectivity index (χ2n) is 6.22. The van der Waals surface area contributed by atoms with Gasteiger partial charge in [0.2, 0.25) is 0 Å². The van der Waals surface area contributed by atoms with E-state index in [9.17, 15) is 4.39 Å². The number of hydrogen-bond acceptors (Lipinski definition) is 4. The maximum Gasteiger partial charge on any atom is 0.257 e. The van der Waals surface area contributed by atoms with Crippen LogP contribution < -0.4 is 4.74 Å². The lowest BCUT2D eigenvalue weighted by Gasteiger charge is -2.16. The Labute approximate surface area is 162 Å². The molecule has 1 aromatic carbocycles. The molecular weight excluding hydrogens is 371 g/mol. The summed E-state index contributed by atoms with van der Waals surface area (Å²) >= 11 is 0. The minimum atomic E-state index is -0.367. The summed E-state index contributed by atoms with van der Waals surface area (Å²) < 4.78 is 32.1. The van der Waals surface area contributed by atoms with Crippen molar-refractivity contribution in [3.8, 4) is 5.75 Å². The number of halogens is 2. The molecule has 0 saturated carbocycles. The van der Waals surface area contributed by atoms with Gasteiger partial charge in [-0.25, -0.2) is 4.39 Å². The monoisotopic (exact) mass is 390 g/mol. The Balaban J connectivity index is 0.00000210. The molecule has 7 heteroatoms. The third-order valence-electron chi connectivity index (χ3n) is 4.62. The molecule has 5 nitrogen and oxygen atoms in total. The molecule has 0 radical (unpaired) electrons. The van der Waals surface area contributed by atoms with Crippen molar-refractivity contribution in [2.75, 3.05) is 0 Å². The van der Waals surface area contributed by atoms with E-state index in [1.54, 1.807) is 30.9 Å². The van der Waals surface area contributed by atoms with E-state index in [0.29, 0.717) is 13.2 Å². The first-order chi connectivity index (χ1) is 12.6. The largest absolute Gasteiger partial charge is 0.487 e. The summed E-state index contributed by atoms with van der Waals surface area (Å²) in [5.74, 6) is 0.465. The third kappa shape index (κ3) is 3.71. The van der Waals surface area contributed by atoms with Crippen LogP contribution in [0, 0.1) is 19.7 Å². The Hall–Kier alpha value is -2.73. The average Bonchev–Trinajstić information content (AvgIpc) is 3.25. The summed E-state index contributed by atoms with van der Waals surface area (Å²) in [6.07, 6.45) is 4.46. The molecule has 0 bridgehead atoms. The van der Waals surface area contributed by atoms with Crippen molar-refractivity contribution in [2.45, 2.75) is 33.3 Å². The number of aromatic nitrogens is 2. The van der Waals surface area contributed by atoms with Gasteiger partial charge in [-0.15, -0.1) is 12.4 Å². The molecule has 0 fully saturated rings. The van der Waals surface area contributed by atoms with Gasteiger partial charge in [0.05, 0.1) is 12.1 Å². The predicted octanol–water partition coefficient (Wildman–Crippen LogP) is 4.64. The Morgan fingerprint density at radius 1 is 1.11 bits per heavy atom. The van der Waals surface area contributed by atoms with Crippen LogP contribution in [0.1, 0.15) is 16.8 Å². The number of benzene rings is 1. The first-order valence-electron chi connectivity index (χ1n) is 8.41. The molecule has 0 spiro atoms. The molecule has 1 aliphatic rings. The number of ether oxygens (including phenoxy) is 3. The molecule has 27 heavy (non-hydrogen) atoms. The Bertz CT molecular complexity index is 962. The topological polar surface area (TPSA) is 45.5 Å². The molecule has 3 heterocycles. The number of nitrogens with zero attached hydrogens (tertiary/aromatic N) is 2. The lowest BCUT2D eigenvalue weighted by atomic mass is 10.2. The first-order valence-corrected chi connectivity index (χ1v) is 8.41. The lowest BCUT2D eigenvalue weighted by molar-refractivity contribution is -0.0337. The molecule has 0 amide bonds. The third-order valence-corrected chi connectivity index (χ3v) is 4.62. The van der Waals surface area contributed by atoms with E-state index in [0.717, 1.165) is 33.6 Å². The maximum absolute atomic E-state index is 13.1. The van der Waals surface area contributed by atoms with Crippen LogP contribution in [-0.2, 0) is 22.6 Å². The summed E-state index contributed by atoms with van der Waals surface area (Å²) in [5.41, 5.74) is 4.88. The van der Waals surface area contributed by atoms with E-state index >= 15 is 0 Å². The van der Waals surface area contributed by atoms with Crippen molar-refractivity contribution in [3.63, 3.8) is 0 Å². The van der Waals surface area contributed by atoms with Crippen LogP contribution in [0.2, 0.25) is 0 Å². The van der Waals surface area contributed by atoms with E-state index < -0.39 is 0 Å². The molecule has 0 N–H and O–H groups in total. The van der Waals surface area contributed by atoms with Crippen molar-refractivity contribution in [1.29, 1.82) is 0 Å². The summed E-state index contributed by atoms with van der Waals surface area (Å²) in [7, 11) is 0. The Morgan fingerprint density at radius 2 is 1.81 bits per heavy atom. The van der Waals surface area contributed by atoms with Crippen molar-refractivity contribution in [3.05, 3.63) is 71.7 Å². The zero-order chi connectivity index (χ0) is 18.1. The van der Waals surface area contributed by atoms with Crippen molar-refractivity contribution in [1.82, 2.24) is 9.55 Å². The summed E-state index contributed by atoms with van der Waals surface area (Å²) in [4.78, 5) is 4.52. The van der Waals surface area contributed by atoms with E-state index in [-0.39, 0.29) is 24.5 Å². The van der Waals surface area contributed by atoms with Gasteiger partial charge in [0.25, 0.3) is 6.29 Å². The minimum absolute atomic E-state index is 0. The molecule has 142 valence electrons. The van der Waals surface area contributed by atoms with Crippen LogP contribution in [0.25, 0.3) is 11.0 Å². The fourth-order valence-electron chi connectivity index (χ4n) is 3.11. The van der Waals surface area contributed by atoms with Gasteiger partial charge < -0.3 is 18.8 Å². The van der Waals surface area contributed by atoms with Gasteiger partial charge >= 0.3 is 0 Å². The van der Waals surface area contributed by atoms with E-state index in [1.165, 1.54) is 12.1 Å². The molecule has 0 atom stereocenters. The van der Waals surface area contributed by atoms with Crippen LogP contribution in [-0.4, -0.2) is 15.8 Å². The molecule has 0 unspecified atom stereocenters. The van der Waals surface area contributed by atoms with Crippen LogP contribution in [0.4, 0.5) is 4.39 Å². The van der Waals surface area contributed by atoms with Gasteiger partial charge in [0.1, 0.15) is 36.2 Å². The number of aryl methyl sites for hydroxylation is 1. The smallest absolute Gasteiger partial charge is 0.257 e. The van der Waals surface area contributed by atoms with Gasteiger partial charge in [-0.2, -0.15) is 0 Å². The number of hydrogen-bond donors (Lipinski definition) is 0. The first kappa shape index (κ1) is 19.0. The SMILES string of the molecule is Cc1c(C)n(CC2OC=CO2)c2c(OCc3ccc(F)cc3)ccnc12.Cl. The lowest BCUT2D eigenvalue weighted by Crippen LogP contribution is -2.17. The van der Waals surface area contributed by atoms with Crippen molar-refractivity contribution >= 4 is 23.4 Å². The molecule has 0 aliphatic carbocycles. The van der Waals surface area contributed by atoms with E-state index in [1.807, 2.05) is 19.9 Å². The van der Waals surface area contributed by atoms with Gasteiger partial charge in [0.15, 0.2) is 0 Å². The zero-order valence-electron chi connectivity index (χ0n) is 15.0. The zero-order valence-corrected chi connectivity index (χ0v) is 15.8. The summed E-state index contributed by atoms with van der Waals surface area (Å²) in [5, 5.41) is 0. The highest BCUT2D eigenvalue weighted by atomic mass is 35.5. The standard InChI is InChI=1S/C20H19FN2O3.ClH/c1-13-14(2)23(11-18-24-9-10-25-18)20-17(7-8-22-19(13)20)26-12-15-3-5-16(21)6-4-15;/h3-10,18H,11-12H2,1-2H3;1H. The number of fused-ring (bicyclic) bond motifs is 1. The van der Waals surface area contributed by atoms with E-state index in [2.05, 4.69) is 9.55 Å². The summed E-state index contributed by atoms with van der Waals surface area (Å²) in [6, 6.07) is 8.14. The fraction of sp³-hybridized carbons (Fsp3) is 0.250. The second kappa shape index (κ2) is 7.88. The minimum Gasteiger partial charge on any atom is -0.487 e. The highest BCUT2D eigenvalue weighted by Gasteiger charge is 2.21. The van der Waals surface area contributed by atoms with Crippen LogP contribution in [0.3, 0.4) is 0 Å². The van der Waals surface area contributed by atoms with Gasteiger partial charge in [-0.05, 0) is 37.1 Å². The van der Waals surface area contributed by atoms with Crippen molar-refractivity contribution < 1.29 is 18.6 Å². The van der Waals surface area contributed by atoms with Crippen LogP contribution in [0.15, 0.2) is 49.1 Å². The van der Waals surface area contributed by atoms with Crippen LogP contribution in [0.5, 0.6) is 5.75 Å². The molecule has 3 aromatic rings. The van der Waals surface area contributed by atoms with Gasteiger partial charge in [-0.3, -0.25) is 4.98 Å². The van der Waals surface area contributed by atoms with Crippen LogP contribution >= 0.6 is 12.4 Å². The summed E-state index contributed by atoms with van der Waals surface area (Å²) in [6.45, 7) is 4.96. The second-order valence-corrected chi connectivity index (χ2v) is 6.22. The van der Waals surface area contributed by atoms with E-state index in [4.69, 9.17) is 14.2 Å². The highest BCUT2D eigenvalue weighted by molar-refractivity contribution is 5.86. The number of pyridine rings is 1. The molecule has 2 aromatic heterocycles. The quantitative estimate of drug-likeness (QED) is 0.636. The highest BCUT2D eigenvalue weighted by Crippen LogP contribution is 2.32. The normalized spacial score (nSPS) is 13.3. The predicted molar refractivity (Wildman–Crippen MR) is 102 cm³/mol. The molecule has 1 aliphatic heterocycles. The maximum atomic E-state index is 13.1. The van der Waals surface area contributed by atoms with Gasteiger partial charge in [-0.1, -0.05) is 12.1 Å². The number of rotatable bonds is 5. The average molecular weight is 391 g/mol. The fourth-order valence-corrected chi connectivity index (χ4v) is 3.11. The Morgan fingerprint density at radius 3 is 2.52 bits per heavy atom. The molecule has 0 saturated heterocycles. The van der Waals surface area contributed by atoms with Gasteiger partial charge in [0, 0.05) is 18.0 Å². The Kier molecular flexibility index (Phi) is 5.56. The molecular formula is C20H20ClFN2O3. The molecule has 4 rings (SSSR count). The van der Waals surface area contributed by atoms with Crippen molar-refractivity contribution in [2.24, 2.45) is 0 Å².